The van der Waals surface area contributed by atoms with Gasteiger partial charge in [0, 0.05) is 48.9 Å². The molecule has 2 aliphatic heterocycles. The predicted octanol–water partition coefficient (Wildman–Crippen LogP) is 4.08. The summed E-state index contributed by atoms with van der Waals surface area (Å²) in [6.45, 7) is 12.1. The van der Waals surface area contributed by atoms with Gasteiger partial charge in [-0.3, -0.25) is 0 Å². The zero-order chi connectivity index (χ0) is 21.6. The van der Waals surface area contributed by atoms with Gasteiger partial charge in [0.25, 0.3) is 0 Å². The van der Waals surface area contributed by atoms with E-state index in [0.717, 1.165) is 5.56 Å². The summed E-state index contributed by atoms with van der Waals surface area (Å²) >= 11 is -1.33. The van der Waals surface area contributed by atoms with Gasteiger partial charge >= 0.3 is 6.09 Å². The number of fused-ring (bicyclic) bond motifs is 1. The van der Waals surface area contributed by atoms with E-state index in [0.29, 0.717) is 31.7 Å². The Kier molecular flexibility index (Phi) is 5.84. The number of rotatable bonds is 2. The SMILES string of the molecule is CC(C)(C)OC(=O)N1CCC2(CC1)Oc1cc(F)ccc1[C@H]2N[S+]([O-])C(C)(C)C. The van der Waals surface area contributed by atoms with Crippen molar-refractivity contribution in [1.29, 1.82) is 0 Å². The third-order valence-electron chi connectivity index (χ3n) is 5.17. The van der Waals surface area contributed by atoms with Gasteiger partial charge in [0.2, 0.25) is 0 Å². The molecular formula is C21H31FN2O4S. The van der Waals surface area contributed by atoms with E-state index in [1.807, 2.05) is 41.5 Å². The lowest BCUT2D eigenvalue weighted by atomic mass is 9.83. The molecule has 1 saturated heterocycles. The first kappa shape index (κ1) is 22.2. The average molecular weight is 427 g/mol. The van der Waals surface area contributed by atoms with Gasteiger partial charge in [-0.15, -0.1) is 4.72 Å². The Balaban J connectivity index is 1.81. The number of piperidine rings is 1. The Morgan fingerprint density at radius 3 is 2.45 bits per heavy atom. The molecule has 1 spiro atoms. The lowest BCUT2D eigenvalue weighted by Crippen LogP contribution is -2.56. The summed E-state index contributed by atoms with van der Waals surface area (Å²) in [5.74, 6) is 0.0989. The van der Waals surface area contributed by atoms with Crippen LogP contribution in [0.15, 0.2) is 18.2 Å². The first-order valence-corrected chi connectivity index (χ1v) is 11.1. The van der Waals surface area contributed by atoms with Crippen molar-refractivity contribution in [3.8, 4) is 5.75 Å². The van der Waals surface area contributed by atoms with E-state index < -0.39 is 27.3 Å². The van der Waals surface area contributed by atoms with E-state index in [1.54, 1.807) is 11.0 Å². The van der Waals surface area contributed by atoms with Crippen LogP contribution in [-0.4, -0.2) is 44.6 Å². The van der Waals surface area contributed by atoms with Gasteiger partial charge in [0.15, 0.2) is 0 Å². The van der Waals surface area contributed by atoms with Gasteiger partial charge in [-0.05, 0) is 47.6 Å². The second-order valence-corrected chi connectivity index (χ2v) is 11.7. The van der Waals surface area contributed by atoms with E-state index in [9.17, 15) is 13.7 Å². The number of hydrogen-bond donors (Lipinski definition) is 1. The summed E-state index contributed by atoms with van der Waals surface area (Å²) in [6, 6.07) is 4.11. The number of carbonyl (C=O) groups is 1. The Bertz CT molecular complexity index is 767. The van der Waals surface area contributed by atoms with Gasteiger partial charge in [0.1, 0.15) is 33.6 Å². The van der Waals surface area contributed by atoms with Crippen LogP contribution in [0.5, 0.6) is 5.75 Å². The maximum absolute atomic E-state index is 13.8. The molecule has 2 aliphatic rings. The van der Waals surface area contributed by atoms with Crippen molar-refractivity contribution in [3.63, 3.8) is 0 Å². The molecular weight excluding hydrogens is 395 g/mol. The normalized spacial score (nSPS) is 22.2. The second-order valence-electron chi connectivity index (χ2n) is 9.75. The molecule has 0 radical (unpaired) electrons. The molecule has 1 aromatic rings. The summed E-state index contributed by atoms with van der Waals surface area (Å²) in [7, 11) is 0. The van der Waals surface area contributed by atoms with Crippen LogP contribution in [0.25, 0.3) is 0 Å². The number of ether oxygens (including phenoxy) is 2. The highest BCUT2D eigenvalue weighted by Gasteiger charge is 2.53. The fourth-order valence-electron chi connectivity index (χ4n) is 3.64. The van der Waals surface area contributed by atoms with Crippen molar-refractivity contribution >= 4 is 17.5 Å². The number of benzene rings is 1. The van der Waals surface area contributed by atoms with Gasteiger partial charge < -0.3 is 18.9 Å². The Labute approximate surface area is 175 Å². The largest absolute Gasteiger partial charge is 0.598 e. The van der Waals surface area contributed by atoms with Crippen LogP contribution < -0.4 is 9.46 Å². The number of hydrogen-bond acceptors (Lipinski definition) is 5. The zero-order valence-corrected chi connectivity index (χ0v) is 18.8. The third kappa shape index (κ3) is 4.81. The van der Waals surface area contributed by atoms with E-state index >= 15 is 0 Å². The van der Waals surface area contributed by atoms with Crippen LogP contribution in [0.2, 0.25) is 0 Å². The minimum absolute atomic E-state index is 0.348. The fourth-order valence-corrected chi connectivity index (χ4v) is 4.55. The van der Waals surface area contributed by atoms with Crippen molar-refractivity contribution in [2.24, 2.45) is 0 Å². The highest BCUT2D eigenvalue weighted by Crippen LogP contribution is 2.49. The van der Waals surface area contributed by atoms with E-state index in [4.69, 9.17) is 9.47 Å². The predicted molar refractivity (Wildman–Crippen MR) is 111 cm³/mol. The van der Waals surface area contributed by atoms with Crippen molar-refractivity contribution in [1.82, 2.24) is 9.62 Å². The summed E-state index contributed by atoms with van der Waals surface area (Å²) in [5.41, 5.74) is -0.442. The summed E-state index contributed by atoms with van der Waals surface area (Å²) < 4.78 is 41.1. The third-order valence-corrected chi connectivity index (χ3v) is 6.73. The van der Waals surface area contributed by atoms with Crippen LogP contribution in [-0.2, 0) is 16.1 Å². The molecule has 2 atom stereocenters. The zero-order valence-electron chi connectivity index (χ0n) is 18.0. The van der Waals surface area contributed by atoms with Gasteiger partial charge in [0.05, 0.1) is 0 Å². The lowest BCUT2D eigenvalue weighted by molar-refractivity contribution is -0.0205. The maximum Gasteiger partial charge on any atom is 0.410 e. The molecule has 162 valence electrons. The standard InChI is InChI=1S/C21H31FN2O4S/c1-19(2,3)28-18(25)24-11-9-21(10-12-24)17(23-29(26)20(4,5)6)15-8-7-14(22)13-16(15)27-21/h7-8,13,17,23H,9-12H2,1-6H3/t17-,29?/m1/s1. The van der Waals surface area contributed by atoms with E-state index in [2.05, 4.69) is 4.72 Å². The lowest BCUT2D eigenvalue weighted by Gasteiger charge is -2.42. The smallest absolute Gasteiger partial charge is 0.410 e. The number of amides is 1. The van der Waals surface area contributed by atoms with Gasteiger partial charge in [-0.1, -0.05) is 6.07 Å². The monoisotopic (exact) mass is 426 g/mol. The maximum atomic E-state index is 13.8. The van der Waals surface area contributed by atoms with Crippen LogP contribution in [0.4, 0.5) is 9.18 Å². The minimum atomic E-state index is -1.33. The molecule has 3 rings (SSSR count). The molecule has 1 unspecified atom stereocenters. The molecule has 6 nitrogen and oxygen atoms in total. The van der Waals surface area contributed by atoms with E-state index in [-0.39, 0.29) is 18.0 Å². The molecule has 1 N–H and O–H groups in total. The number of nitrogens with zero attached hydrogens (tertiary/aromatic N) is 1. The Hall–Kier alpha value is -1.51. The number of nitrogens with one attached hydrogen (secondary N) is 1. The van der Waals surface area contributed by atoms with Crippen molar-refractivity contribution in [2.75, 3.05) is 13.1 Å². The molecule has 0 saturated carbocycles. The second kappa shape index (κ2) is 7.63. The van der Waals surface area contributed by atoms with Crippen LogP contribution in [0.3, 0.4) is 0 Å². The fraction of sp³-hybridized carbons (Fsp3) is 0.667. The minimum Gasteiger partial charge on any atom is -0.598 e. The topological polar surface area (TPSA) is 73.9 Å². The molecule has 8 heteroatoms. The summed E-state index contributed by atoms with van der Waals surface area (Å²) in [4.78, 5) is 14.1. The Morgan fingerprint density at radius 2 is 1.90 bits per heavy atom. The van der Waals surface area contributed by atoms with Gasteiger partial charge in [-0.25, -0.2) is 9.18 Å². The highest BCUT2D eigenvalue weighted by atomic mass is 32.2. The van der Waals surface area contributed by atoms with Gasteiger partial charge in [-0.2, -0.15) is 0 Å². The number of halogens is 1. The molecule has 0 aliphatic carbocycles. The quantitative estimate of drug-likeness (QED) is 0.722. The molecule has 1 fully saturated rings. The molecule has 29 heavy (non-hydrogen) atoms. The molecule has 0 bridgehead atoms. The highest BCUT2D eigenvalue weighted by molar-refractivity contribution is 7.90. The molecule has 2 heterocycles. The summed E-state index contributed by atoms with van der Waals surface area (Å²) in [6.07, 6.45) is 0.708. The van der Waals surface area contributed by atoms with Crippen LogP contribution >= 0.6 is 0 Å². The first-order chi connectivity index (χ1) is 13.3. The number of likely N-dealkylation sites (tertiary alicyclic amines) is 1. The van der Waals surface area contributed by atoms with Crippen LogP contribution in [0.1, 0.15) is 66.0 Å². The van der Waals surface area contributed by atoms with Crippen molar-refractivity contribution in [2.45, 2.75) is 76.4 Å². The molecule has 0 aromatic heterocycles. The van der Waals surface area contributed by atoms with Crippen molar-refractivity contribution in [3.05, 3.63) is 29.6 Å². The van der Waals surface area contributed by atoms with E-state index in [1.165, 1.54) is 12.1 Å². The van der Waals surface area contributed by atoms with Crippen molar-refractivity contribution < 1.29 is 23.2 Å². The van der Waals surface area contributed by atoms with Crippen LogP contribution in [0, 0.1) is 5.82 Å². The summed E-state index contributed by atoms with van der Waals surface area (Å²) in [5, 5.41) is 0. The first-order valence-electron chi connectivity index (χ1n) is 9.95. The number of carbonyl (C=O) groups excluding carboxylic acids is 1. The molecule has 1 amide bonds. The molecule has 1 aromatic carbocycles. The Morgan fingerprint density at radius 1 is 1.28 bits per heavy atom. The average Bonchev–Trinajstić information content (AvgIpc) is 2.85.